The first-order valence-electron chi connectivity index (χ1n) is 9.35. The largest absolute Gasteiger partial charge is 0.431 e. The monoisotopic (exact) mass is 395 g/mol. The van der Waals surface area contributed by atoms with Gasteiger partial charge in [-0.15, -0.1) is 0 Å². The molecular weight excluding hydrogens is 374 g/mol. The number of nitrogens with one attached hydrogen (secondary N) is 2. The minimum absolute atomic E-state index is 0.00973. The highest BCUT2D eigenvalue weighted by Crippen LogP contribution is 2.25. The van der Waals surface area contributed by atoms with Gasteiger partial charge in [0.25, 0.3) is 11.8 Å². The predicted molar refractivity (Wildman–Crippen MR) is 104 cm³/mol. The fraction of sp³-hybridized carbons (Fsp3) is 0.300. The summed E-state index contributed by atoms with van der Waals surface area (Å²) in [7, 11) is 0. The Hall–Kier alpha value is -3.46. The van der Waals surface area contributed by atoms with Crippen LogP contribution in [0.1, 0.15) is 40.8 Å². The highest BCUT2D eigenvalue weighted by Gasteiger charge is 2.24. The number of nitrogens with zero attached hydrogens (tertiary/aromatic N) is 2. The zero-order valence-corrected chi connectivity index (χ0v) is 15.8. The van der Waals surface area contributed by atoms with Gasteiger partial charge in [-0.3, -0.25) is 14.7 Å². The number of carbonyl (C=O) groups is 2. The number of primary amides is 1. The molecule has 2 atom stereocenters. The molecule has 2 amide bonds. The number of amides is 2. The van der Waals surface area contributed by atoms with Crippen LogP contribution in [0.25, 0.3) is 22.7 Å². The van der Waals surface area contributed by atoms with Crippen molar-refractivity contribution in [3.05, 3.63) is 48.0 Å². The third-order valence-electron chi connectivity index (χ3n) is 4.86. The van der Waals surface area contributed by atoms with Crippen LogP contribution in [0.5, 0.6) is 0 Å². The lowest BCUT2D eigenvalue weighted by Crippen LogP contribution is -2.40. The number of oxazole rings is 1. The lowest BCUT2D eigenvalue weighted by Gasteiger charge is -2.19. The van der Waals surface area contributed by atoms with Crippen molar-refractivity contribution >= 4 is 11.8 Å². The predicted octanol–water partition coefficient (Wildman–Crippen LogP) is 2.13. The first-order valence-corrected chi connectivity index (χ1v) is 9.35. The molecule has 1 aliphatic rings. The summed E-state index contributed by atoms with van der Waals surface area (Å²) in [5, 5.41) is 9.96. The zero-order chi connectivity index (χ0) is 20.4. The topological polar surface area (TPSA) is 136 Å². The number of aromatic nitrogens is 3. The third-order valence-corrected chi connectivity index (χ3v) is 4.86. The van der Waals surface area contributed by atoms with Crippen molar-refractivity contribution in [2.24, 2.45) is 5.73 Å². The van der Waals surface area contributed by atoms with Gasteiger partial charge in [0, 0.05) is 17.7 Å². The number of nitrogens with two attached hydrogens (primary N) is 1. The number of hydrogen-bond acceptors (Lipinski definition) is 6. The Bertz CT molecular complexity index is 1030. The minimum atomic E-state index is -0.680. The van der Waals surface area contributed by atoms with E-state index in [1.165, 1.54) is 6.20 Å². The molecule has 2 aromatic heterocycles. The molecule has 1 fully saturated rings. The molecule has 1 saturated heterocycles. The number of rotatable bonds is 6. The molecular formula is C20H21N5O4. The second-order valence-electron chi connectivity index (χ2n) is 6.96. The van der Waals surface area contributed by atoms with Crippen LogP contribution in [0.2, 0.25) is 0 Å². The van der Waals surface area contributed by atoms with E-state index in [0.717, 1.165) is 25.0 Å². The highest BCUT2D eigenvalue weighted by molar-refractivity contribution is 5.93. The maximum absolute atomic E-state index is 12.5. The fourth-order valence-electron chi connectivity index (χ4n) is 3.29. The number of benzene rings is 1. The van der Waals surface area contributed by atoms with Crippen LogP contribution in [0, 0.1) is 0 Å². The Morgan fingerprint density at radius 1 is 1.31 bits per heavy atom. The van der Waals surface area contributed by atoms with Crippen LogP contribution in [0.15, 0.2) is 40.9 Å². The number of ether oxygens (including phenoxy) is 1. The Labute approximate surface area is 166 Å². The van der Waals surface area contributed by atoms with Crippen molar-refractivity contribution in [3.63, 3.8) is 0 Å². The maximum atomic E-state index is 12.5. The van der Waals surface area contributed by atoms with Crippen molar-refractivity contribution in [1.82, 2.24) is 20.5 Å². The van der Waals surface area contributed by atoms with Crippen LogP contribution < -0.4 is 11.1 Å². The van der Waals surface area contributed by atoms with E-state index >= 15 is 0 Å². The number of carbonyl (C=O) groups excluding carboxylic acids is 2. The van der Waals surface area contributed by atoms with Gasteiger partial charge < -0.3 is 20.2 Å². The lowest BCUT2D eigenvalue weighted by molar-refractivity contribution is 0.0709. The van der Waals surface area contributed by atoms with Gasteiger partial charge in [-0.05, 0) is 38.0 Å². The standard InChI is InChI=1S/C20H21N5O4/c1-11(16-6-3-7-28-16)23-19(27)15-9-14(24-25-15)12-4-2-5-13(8-12)20-22-10-17(29-20)18(21)26/h2,4-5,8-11,16H,3,6-7H2,1H3,(H2,21,26)(H,23,27)(H,24,25)/t11-,16-/m0/s1. The number of aromatic amines is 1. The summed E-state index contributed by atoms with van der Waals surface area (Å²) < 4.78 is 11.0. The average molecular weight is 395 g/mol. The van der Waals surface area contributed by atoms with E-state index in [2.05, 4.69) is 20.5 Å². The second kappa shape index (κ2) is 7.88. The molecule has 0 saturated carbocycles. The molecule has 4 rings (SSSR count). The van der Waals surface area contributed by atoms with Gasteiger partial charge in [-0.1, -0.05) is 12.1 Å². The first-order chi connectivity index (χ1) is 14.0. The summed E-state index contributed by atoms with van der Waals surface area (Å²) in [5.41, 5.74) is 7.59. The average Bonchev–Trinajstić information content (AvgIpc) is 3.49. The van der Waals surface area contributed by atoms with E-state index in [9.17, 15) is 9.59 Å². The Morgan fingerprint density at radius 2 is 2.14 bits per heavy atom. The van der Waals surface area contributed by atoms with Crippen LogP contribution in [-0.4, -0.2) is 45.7 Å². The second-order valence-corrected chi connectivity index (χ2v) is 6.96. The normalized spacial score (nSPS) is 17.2. The van der Waals surface area contributed by atoms with Crippen LogP contribution >= 0.6 is 0 Å². The van der Waals surface area contributed by atoms with Crippen LogP contribution in [-0.2, 0) is 4.74 Å². The summed E-state index contributed by atoms with van der Waals surface area (Å²) >= 11 is 0. The molecule has 1 aliphatic heterocycles. The van der Waals surface area contributed by atoms with E-state index < -0.39 is 5.91 Å². The molecule has 0 unspecified atom stereocenters. The summed E-state index contributed by atoms with van der Waals surface area (Å²) in [6.45, 7) is 2.67. The molecule has 4 N–H and O–H groups in total. The third kappa shape index (κ3) is 4.04. The van der Waals surface area contributed by atoms with E-state index in [0.29, 0.717) is 17.0 Å². The van der Waals surface area contributed by atoms with Gasteiger partial charge in [0.1, 0.15) is 5.69 Å². The summed E-state index contributed by atoms with van der Waals surface area (Å²) in [4.78, 5) is 27.8. The Morgan fingerprint density at radius 3 is 2.86 bits per heavy atom. The maximum Gasteiger partial charge on any atom is 0.286 e. The molecule has 3 aromatic rings. The smallest absolute Gasteiger partial charge is 0.286 e. The summed E-state index contributed by atoms with van der Waals surface area (Å²) in [6.07, 6.45) is 3.29. The molecule has 150 valence electrons. The van der Waals surface area contributed by atoms with Gasteiger partial charge in [0.05, 0.1) is 24.0 Å². The molecule has 0 aliphatic carbocycles. The Kier molecular flexibility index (Phi) is 5.13. The summed E-state index contributed by atoms with van der Waals surface area (Å²) in [5.74, 6) is -0.647. The molecule has 0 spiro atoms. The van der Waals surface area contributed by atoms with Gasteiger partial charge in [-0.2, -0.15) is 5.10 Å². The lowest BCUT2D eigenvalue weighted by atomic mass is 10.1. The molecule has 1 aromatic carbocycles. The van der Waals surface area contributed by atoms with Crippen molar-refractivity contribution in [2.45, 2.75) is 31.9 Å². The number of hydrogen-bond donors (Lipinski definition) is 3. The van der Waals surface area contributed by atoms with Crippen LogP contribution in [0.4, 0.5) is 0 Å². The van der Waals surface area contributed by atoms with Crippen molar-refractivity contribution in [1.29, 1.82) is 0 Å². The van der Waals surface area contributed by atoms with Crippen molar-refractivity contribution in [3.8, 4) is 22.7 Å². The first kappa shape index (κ1) is 18.9. The van der Waals surface area contributed by atoms with Crippen molar-refractivity contribution < 1.29 is 18.7 Å². The van der Waals surface area contributed by atoms with Gasteiger partial charge in [0.15, 0.2) is 0 Å². The molecule has 0 bridgehead atoms. The van der Waals surface area contributed by atoms with Crippen molar-refractivity contribution in [2.75, 3.05) is 6.61 Å². The van der Waals surface area contributed by atoms with Gasteiger partial charge in [-0.25, -0.2) is 4.98 Å². The van der Waals surface area contributed by atoms with E-state index in [1.54, 1.807) is 12.1 Å². The SMILES string of the molecule is C[C@H](NC(=O)c1cc(-c2cccc(-c3ncc(C(N)=O)o3)c2)n[nH]1)[C@@H]1CCCO1. The molecule has 29 heavy (non-hydrogen) atoms. The fourth-order valence-corrected chi connectivity index (χ4v) is 3.29. The van der Waals surface area contributed by atoms with E-state index in [-0.39, 0.29) is 29.7 Å². The highest BCUT2D eigenvalue weighted by atomic mass is 16.5. The molecule has 0 radical (unpaired) electrons. The number of H-pyrrole nitrogens is 1. The van der Waals surface area contributed by atoms with Gasteiger partial charge >= 0.3 is 0 Å². The van der Waals surface area contributed by atoms with E-state index in [1.807, 2.05) is 25.1 Å². The summed E-state index contributed by atoms with van der Waals surface area (Å²) in [6, 6.07) is 8.87. The molecule has 3 heterocycles. The minimum Gasteiger partial charge on any atom is -0.431 e. The van der Waals surface area contributed by atoms with E-state index in [4.69, 9.17) is 14.9 Å². The molecule has 9 heteroatoms. The van der Waals surface area contributed by atoms with Crippen LogP contribution in [0.3, 0.4) is 0 Å². The molecule has 9 nitrogen and oxygen atoms in total. The quantitative estimate of drug-likeness (QED) is 0.585. The Balaban J connectivity index is 1.50. The van der Waals surface area contributed by atoms with Gasteiger partial charge in [0.2, 0.25) is 11.7 Å². The zero-order valence-electron chi connectivity index (χ0n) is 15.8.